The lowest BCUT2D eigenvalue weighted by atomic mass is 10.2. The molecule has 0 aromatic heterocycles. The van der Waals surface area contributed by atoms with Crippen molar-refractivity contribution in [3.8, 4) is 5.75 Å². The first-order valence-electron chi connectivity index (χ1n) is 9.01. The summed E-state index contributed by atoms with van der Waals surface area (Å²) < 4.78 is 30.8. The molecule has 1 fully saturated rings. The van der Waals surface area contributed by atoms with Gasteiger partial charge in [0.2, 0.25) is 5.91 Å². The molecule has 0 atom stereocenters. The van der Waals surface area contributed by atoms with E-state index in [9.17, 15) is 13.6 Å². The molecule has 8 heteroatoms. The van der Waals surface area contributed by atoms with Gasteiger partial charge in [-0.05, 0) is 24.3 Å². The summed E-state index contributed by atoms with van der Waals surface area (Å²) >= 11 is 0.434. The number of piperazine rings is 1. The Balaban J connectivity index is 1.53. The number of methoxy groups -OCH3 is 1. The Bertz CT molecular complexity index is 799. The van der Waals surface area contributed by atoms with Gasteiger partial charge in [-0.25, -0.2) is 0 Å². The second-order valence-corrected chi connectivity index (χ2v) is 7.39. The van der Waals surface area contributed by atoms with E-state index in [2.05, 4.69) is 15.1 Å². The number of rotatable bonds is 7. The zero-order chi connectivity index (χ0) is 19.9. The van der Waals surface area contributed by atoms with Gasteiger partial charge in [0.15, 0.2) is 0 Å². The van der Waals surface area contributed by atoms with E-state index in [0.717, 1.165) is 37.6 Å². The van der Waals surface area contributed by atoms with Gasteiger partial charge < -0.3 is 15.0 Å². The normalized spacial score (nSPS) is 14.9. The highest BCUT2D eigenvalue weighted by Gasteiger charge is 2.21. The Morgan fingerprint density at radius 1 is 1.11 bits per heavy atom. The summed E-state index contributed by atoms with van der Waals surface area (Å²) in [4.78, 5) is 17.1. The number of alkyl halides is 2. The van der Waals surface area contributed by atoms with Crippen LogP contribution in [0.5, 0.6) is 5.75 Å². The molecular formula is C20H23F2N3O2S. The third-order valence-electron chi connectivity index (χ3n) is 4.54. The van der Waals surface area contributed by atoms with E-state index in [1.165, 1.54) is 0 Å². The van der Waals surface area contributed by atoms with Crippen LogP contribution in [0.25, 0.3) is 0 Å². The fraction of sp³-hybridized carbons (Fsp3) is 0.350. The first-order valence-corrected chi connectivity index (χ1v) is 9.89. The predicted octanol–water partition coefficient (Wildman–Crippen LogP) is 3.77. The number of benzene rings is 2. The Hall–Kier alpha value is -2.32. The Morgan fingerprint density at radius 2 is 1.79 bits per heavy atom. The Kier molecular flexibility index (Phi) is 7.11. The van der Waals surface area contributed by atoms with Gasteiger partial charge in [-0.2, -0.15) is 8.78 Å². The number of ether oxygens (including phenoxy) is 1. The predicted molar refractivity (Wildman–Crippen MR) is 109 cm³/mol. The van der Waals surface area contributed by atoms with Crippen LogP contribution in [0.4, 0.5) is 20.2 Å². The van der Waals surface area contributed by atoms with Gasteiger partial charge in [0.25, 0.3) is 5.76 Å². The smallest absolute Gasteiger partial charge is 0.288 e. The van der Waals surface area contributed by atoms with Crippen molar-refractivity contribution in [2.75, 3.05) is 50.1 Å². The van der Waals surface area contributed by atoms with E-state index in [4.69, 9.17) is 4.74 Å². The molecule has 28 heavy (non-hydrogen) atoms. The minimum atomic E-state index is -2.53. The summed E-state index contributed by atoms with van der Waals surface area (Å²) in [5, 5.41) is 2.76. The van der Waals surface area contributed by atoms with Gasteiger partial charge in [-0.15, -0.1) is 0 Å². The number of nitrogens with zero attached hydrogens (tertiary/aromatic N) is 2. The third kappa shape index (κ3) is 5.36. The van der Waals surface area contributed by atoms with Crippen LogP contribution in [0.1, 0.15) is 0 Å². The minimum absolute atomic E-state index is 0.201. The number of anilines is 2. The number of nitrogens with one attached hydrogen (secondary N) is 1. The fourth-order valence-electron chi connectivity index (χ4n) is 3.20. The summed E-state index contributed by atoms with van der Waals surface area (Å²) in [5.74, 6) is -1.89. The van der Waals surface area contributed by atoms with Gasteiger partial charge in [0, 0.05) is 31.1 Å². The van der Waals surface area contributed by atoms with E-state index in [0.29, 0.717) is 22.3 Å². The van der Waals surface area contributed by atoms with Crippen molar-refractivity contribution in [2.24, 2.45) is 0 Å². The van der Waals surface area contributed by atoms with Crippen LogP contribution in [-0.4, -0.2) is 56.4 Å². The van der Waals surface area contributed by atoms with E-state index in [1.54, 1.807) is 31.4 Å². The number of thioether (sulfide) groups is 1. The molecular weight excluding hydrogens is 384 g/mol. The van der Waals surface area contributed by atoms with Crippen LogP contribution in [0, 0.1) is 0 Å². The van der Waals surface area contributed by atoms with Crippen LogP contribution >= 0.6 is 11.8 Å². The van der Waals surface area contributed by atoms with Gasteiger partial charge in [-0.1, -0.05) is 36.0 Å². The van der Waals surface area contributed by atoms with Gasteiger partial charge in [0.1, 0.15) is 5.75 Å². The highest BCUT2D eigenvalue weighted by atomic mass is 32.2. The molecule has 1 amide bonds. The average molecular weight is 407 g/mol. The average Bonchev–Trinajstić information content (AvgIpc) is 2.69. The van der Waals surface area contributed by atoms with Gasteiger partial charge in [0.05, 0.1) is 25.0 Å². The third-order valence-corrected chi connectivity index (χ3v) is 5.33. The summed E-state index contributed by atoms with van der Waals surface area (Å²) in [5.41, 5.74) is 1.47. The van der Waals surface area contributed by atoms with Crippen LogP contribution in [0.15, 0.2) is 53.4 Å². The largest absolute Gasteiger partial charge is 0.495 e. The van der Waals surface area contributed by atoms with E-state index in [1.807, 2.05) is 24.3 Å². The minimum Gasteiger partial charge on any atom is -0.495 e. The second-order valence-electron chi connectivity index (χ2n) is 6.36. The molecule has 0 aliphatic carbocycles. The van der Waals surface area contributed by atoms with Crippen molar-refractivity contribution in [2.45, 2.75) is 10.7 Å². The van der Waals surface area contributed by atoms with Crippen molar-refractivity contribution >= 4 is 29.0 Å². The molecule has 3 rings (SSSR count). The van der Waals surface area contributed by atoms with Crippen LogP contribution in [-0.2, 0) is 4.79 Å². The topological polar surface area (TPSA) is 44.8 Å². The summed E-state index contributed by atoms with van der Waals surface area (Å²) in [6, 6.07) is 14.5. The molecule has 1 aliphatic rings. The highest BCUT2D eigenvalue weighted by Crippen LogP contribution is 2.32. The number of para-hydroxylation sites is 3. The van der Waals surface area contributed by atoms with Crippen LogP contribution in [0.2, 0.25) is 0 Å². The summed E-state index contributed by atoms with van der Waals surface area (Å²) in [6.07, 6.45) is 0. The molecule has 2 aromatic carbocycles. The monoisotopic (exact) mass is 407 g/mol. The Labute approximate surface area is 167 Å². The molecule has 5 nitrogen and oxygen atoms in total. The fourth-order valence-corrected chi connectivity index (χ4v) is 3.79. The lowest BCUT2D eigenvalue weighted by Crippen LogP contribution is -2.48. The van der Waals surface area contributed by atoms with Crippen molar-refractivity contribution in [3.05, 3.63) is 48.5 Å². The number of halogens is 2. The number of hydrogen-bond acceptors (Lipinski definition) is 5. The van der Waals surface area contributed by atoms with E-state index in [-0.39, 0.29) is 12.5 Å². The first-order chi connectivity index (χ1) is 13.6. The molecule has 0 bridgehead atoms. The summed E-state index contributed by atoms with van der Waals surface area (Å²) in [7, 11) is 1.66. The molecule has 0 radical (unpaired) electrons. The zero-order valence-electron chi connectivity index (χ0n) is 15.6. The van der Waals surface area contributed by atoms with Crippen molar-refractivity contribution < 1.29 is 18.3 Å². The van der Waals surface area contributed by atoms with Crippen LogP contribution < -0.4 is 15.0 Å². The Morgan fingerprint density at radius 3 is 2.50 bits per heavy atom. The maximum absolute atomic E-state index is 12.7. The lowest BCUT2D eigenvalue weighted by Gasteiger charge is -2.36. The van der Waals surface area contributed by atoms with Crippen molar-refractivity contribution in [1.82, 2.24) is 4.90 Å². The first kappa shape index (κ1) is 20.4. The second kappa shape index (κ2) is 9.75. The number of amides is 1. The van der Waals surface area contributed by atoms with E-state index >= 15 is 0 Å². The molecule has 1 N–H and O–H groups in total. The molecule has 2 aromatic rings. The maximum atomic E-state index is 12.7. The molecule has 150 valence electrons. The number of carbonyl (C=O) groups excluding carboxylic acids is 1. The van der Waals surface area contributed by atoms with Crippen molar-refractivity contribution in [3.63, 3.8) is 0 Å². The highest BCUT2D eigenvalue weighted by molar-refractivity contribution is 7.99. The SMILES string of the molecule is COc1ccccc1N1CCN(CC(=O)Nc2ccccc2SC(F)F)CC1. The van der Waals surface area contributed by atoms with Crippen LogP contribution in [0.3, 0.4) is 0 Å². The standard InChI is InChI=1S/C20H23F2N3O2S/c1-27-17-8-4-3-7-16(17)25-12-10-24(11-13-25)14-19(26)23-15-6-2-5-9-18(15)28-20(21)22/h2-9,20H,10-14H2,1H3,(H,23,26). The molecule has 0 unspecified atom stereocenters. The van der Waals surface area contributed by atoms with Gasteiger partial charge in [-0.3, -0.25) is 9.69 Å². The molecule has 0 spiro atoms. The van der Waals surface area contributed by atoms with Gasteiger partial charge >= 0.3 is 0 Å². The van der Waals surface area contributed by atoms with Crippen molar-refractivity contribution in [1.29, 1.82) is 0 Å². The molecule has 1 saturated heterocycles. The quantitative estimate of drug-likeness (QED) is 0.708. The maximum Gasteiger partial charge on any atom is 0.288 e. The summed E-state index contributed by atoms with van der Waals surface area (Å²) in [6.45, 7) is 3.27. The lowest BCUT2D eigenvalue weighted by molar-refractivity contribution is -0.117. The zero-order valence-corrected chi connectivity index (χ0v) is 16.4. The number of hydrogen-bond donors (Lipinski definition) is 1. The molecule has 1 aliphatic heterocycles. The molecule has 1 heterocycles. The number of carbonyl (C=O) groups is 1. The molecule has 0 saturated carbocycles. The van der Waals surface area contributed by atoms with E-state index < -0.39 is 5.76 Å².